The molecule has 2 heterocycles. The van der Waals surface area contributed by atoms with Crippen LogP contribution in [-0.2, 0) is 0 Å². The lowest BCUT2D eigenvalue weighted by Gasteiger charge is -2.40. The summed E-state index contributed by atoms with van der Waals surface area (Å²) in [6.07, 6.45) is 2.80. The number of carboxylic acid groups (broad SMARTS) is 1. The van der Waals surface area contributed by atoms with Crippen molar-refractivity contribution in [3.05, 3.63) is 53.6 Å². The van der Waals surface area contributed by atoms with Gasteiger partial charge >= 0.3 is 6.09 Å². The van der Waals surface area contributed by atoms with Crippen LogP contribution in [0.3, 0.4) is 0 Å². The van der Waals surface area contributed by atoms with Crippen molar-refractivity contribution in [2.24, 2.45) is 0 Å². The van der Waals surface area contributed by atoms with E-state index >= 15 is 0 Å². The maximum Gasteiger partial charge on any atom is 0.407 e. The van der Waals surface area contributed by atoms with Crippen LogP contribution in [-0.4, -0.2) is 66.9 Å². The summed E-state index contributed by atoms with van der Waals surface area (Å²) < 4.78 is 17.1. The number of hydrogen-bond acceptors (Lipinski definition) is 6. The van der Waals surface area contributed by atoms with E-state index in [1.165, 1.54) is 0 Å². The van der Waals surface area contributed by atoms with Crippen molar-refractivity contribution in [2.45, 2.75) is 43.9 Å². The zero-order chi connectivity index (χ0) is 24.1. The van der Waals surface area contributed by atoms with Crippen LogP contribution < -0.4 is 14.2 Å². The smallest absolute Gasteiger partial charge is 0.407 e. The number of benzene rings is 2. The highest BCUT2D eigenvalue weighted by Crippen LogP contribution is 2.35. The minimum Gasteiger partial charge on any atom is -0.493 e. The first-order valence-electron chi connectivity index (χ1n) is 11.6. The summed E-state index contributed by atoms with van der Waals surface area (Å²) in [6.45, 7) is 2.09. The predicted octanol–water partition coefficient (Wildman–Crippen LogP) is 4.30. The molecule has 0 aliphatic carbocycles. The largest absolute Gasteiger partial charge is 0.493 e. The Balaban J connectivity index is 1.45. The zero-order valence-electron chi connectivity index (χ0n) is 19.6. The summed E-state index contributed by atoms with van der Waals surface area (Å²) >= 11 is 0. The molecule has 2 saturated heterocycles. The molecule has 2 aromatic carbocycles. The molecular weight excluding hydrogens is 434 g/mol. The van der Waals surface area contributed by atoms with Crippen LogP contribution in [0.25, 0.3) is 0 Å². The molecule has 1 N–H and O–H groups in total. The van der Waals surface area contributed by atoms with Gasteiger partial charge in [-0.15, -0.1) is 0 Å². The van der Waals surface area contributed by atoms with Gasteiger partial charge in [0.05, 0.1) is 25.9 Å². The fourth-order valence-electron chi connectivity index (χ4n) is 5.09. The molecule has 0 radical (unpaired) electrons. The molecule has 2 aliphatic rings. The fraction of sp³-hybridized carbons (Fsp3) is 0.462. The highest BCUT2D eigenvalue weighted by Gasteiger charge is 2.40. The van der Waals surface area contributed by atoms with Crippen molar-refractivity contribution in [1.29, 1.82) is 5.26 Å². The van der Waals surface area contributed by atoms with Crippen molar-refractivity contribution in [3.63, 3.8) is 0 Å². The average Bonchev–Trinajstić information content (AvgIpc) is 3.09. The summed E-state index contributed by atoms with van der Waals surface area (Å²) in [4.78, 5) is 15.4. The van der Waals surface area contributed by atoms with Gasteiger partial charge in [-0.3, -0.25) is 4.90 Å². The van der Waals surface area contributed by atoms with E-state index in [0.717, 1.165) is 37.8 Å². The monoisotopic (exact) mass is 465 g/mol. The number of piperazine rings is 1. The van der Waals surface area contributed by atoms with Crippen LogP contribution in [0, 0.1) is 11.3 Å². The highest BCUT2D eigenvalue weighted by atomic mass is 16.5. The SMILES string of the molecule is COc1ccc(OC(CCCN2C3CCC2CN(C(=O)O)C3)c2ccc(C#N)cc2)cc1OC. The van der Waals surface area contributed by atoms with E-state index in [9.17, 15) is 9.90 Å². The number of amides is 1. The number of hydrogen-bond donors (Lipinski definition) is 1. The van der Waals surface area contributed by atoms with E-state index in [1.54, 1.807) is 19.1 Å². The van der Waals surface area contributed by atoms with Gasteiger partial charge in [-0.1, -0.05) is 12.1 Å². The quantitative estimate of drug-likeness (QED) is 0.590. The lowest BCUT2D eigenvalue weighted by molar-refractivity contribution is 0.0595. The second kappa shape index (κ2) is 10.7. The average molecular weight is 466 g/mol. The van der Waals surface area contributed by atoms with Gasteiger partial charge < -0.3 is 24.2 Å². The van der Waals surface area contributed by atoms with E-state index < -0.39 is 6.09 Å². The van der Waals surface area contributed by atoms with Crippen molar-refractivity contribution < 1.29 is 24.1 Å². The second-order valence-electron chi connectivity index (χ2n) is 8.81. The van der Waals surface area contributed by atoms with E-state index in [-0.39, 0.29) is 6.10 Å². The molecule has 0 saturated carbocycles. The van der Waals surface area contributed by atoms with Crippen molar-refractivity contribution >= 4 is 6.09 Å². The third-order valence-electron chi connectivity index (χ3n) is 6.83. The van der Waals surface area contributed by atoms with Gasteiger partial charge in [0.1, 0.15) is 11.9 Å². The van der Waals surface area contributed by atoms with Gasteiger partial charge in [-0.25, -0.2) is 4.79 Å². The molecule has 4 rings (SSSR count). The molecular formula is C26H31N3O5. The lowest BCUT2D eigenvalue weighted by atomic mass is 10.0. The fourth-order valence-corrected chi connectivity index (χ4v) is 5.09. The van der Waals surface area contributed by atoms with Crippen molar-refractivity contribution in [1.82, 2.24) is 9.80 Å². The number of likely N-dealkylation sites (tertiary alicyclic amines) is 1. The zero-order valence-corrected chi connectivity index (χ0v) is 19.6. The summed E-state index contributed by atoms with van der Waals surface area (Å²) in [7, 11) is 3.19. The van der Waals surface area contributed by atoms with Gasteiger partial charge in [0.15, 0.2) is 11.5 Å². The topological polar surface area (TPSA) is 95.3 Å². The third kappa shape index (κ3) is 5.20. The Morgan fingerprint density at radius 1 is 1.09 bits per heavy atom. The third-order valence-corrected chi connectivity index (χ3v) is 6.83. The van der Waals surface area contributed by atoms with E-state index in [4.69, 9.17) is 19.5 Å². The van der Waals surface area contributed by atoms with Crippen LogP contribution in [0.2, 0.25) is 0 Å². The molecule has 0 spiro atoms. The van der Waals surface area contributed by atoms with E-state index in [0.29, 0.717) is 48.0 Å². The molecule has 180 valence electrons. The first kappa shape index (κ1) is 23.7. The maximum atomic E-state index is 11.4. The van der Waals surface area contributed by atoms with Crippen LogP contribution in [0.1, 0.15) is 42.9 Å². The number of rotatable bonds is 9. The van der Waals surface area contributed by atoms with E-state index in [2.05, 4.69) is 11.0 Å². The Bertz CT molecular complexity index is 1020. The summed E-state index contributed by atoms with van der Waals surface area (Å²) in [5.41, 5.74) is 1.62. The number of methoxy groups -OCH3 is 2. The molecule has 2 bridgehead atoms. The molecule has 1 amide bonds. The molecule has 3 unspecified atom stereocenters. The molecule has 0 aromatic heterocycles. The highest BCUT2D eigenvalue weighted by molar-refractivity contribution is 5.65. The van der Waals surface area contributed by atoms with Gasteiger partial charge in [0, 0.05) is 31.2 Å². The molecule has 3 atom stereocenters. The summed E-state index contributed by atoms with van der Waals surface area (Å²) in [6, 6.07) is 15.8. The molecule has 2 fully saturated rings. The van der Waals surface area contributed by atoms with Crippen molar-refractivity contribution in [3.8, 4) is 23.3 Å². The molecule has 2 aliphatic heterocycles. The summed E-state index contributed by atoms with van der Waals surface area (Å²) in [5, 5.41) is 18.5. The molecule has 2 aromatic rings. The Hall–Kier alpha value is -3.44. The first-order chi connectivity index (χ1) is 16.5. The lowest BCUT2D eigenvalue weighted by Crippen LogP contribution is -2.55. The minimum atomic E-state index is -0.819. The number of nitrogens with zero attached hydrogens (tertiary/aromatic N) is 3. The Morgan fingerprint density at radius 3 is 2.35 bits per heavy atom. The van der Waals surface area contributed by atoms with Gasteiger partial charge in [0.25, 0.3) is 0 Å². The predicted molar refractivity (Wildman–Crippen MR) is 126 cm³/mol. The first-order valence-corrected chi connectivity index (χ1v) is 11.6. The van der Waals surface area contributed by atoms with Crippen LogP contribution in [0.4, 0.5) is 4.79 Å². The minimum absolute atomic E-state index is 0.191. The number of fused-ring (bicyclic) bond motifs is 2. The molecule has 8 nitrogen and oxygen atoms in total. The van der Waals surface area contributed by atoms with Crippen LogP contribution >= 0.6 is 0 Å². The Labute approximate surface area is 200 Å². The number of ether oxygens (including phenoxy) is 3. The second-order valence-corrected chi connectivity index (χ2v) is 8.81. The Kier molecular flexibility index (Phi) is 7.43. The summed E-state index contributed by atoms with van der Waals surface area (Å²) in [5.74, 6) is 1.93. The molecule has 8 heteroatoms. The van der Waals surface area contributed by atoms with Gasteiger partial charge in [-0.05, 0) is 62.1 Å². The van der Waals surface area contributed by atoms with Crippen molar-refractivity contribution in [2.75, 3.05) is 33.9 Å². The van der Waals surface area contributed by atoms with Crippen LogP contribution in [0.5, 0.6) is 17.2 Å². The number of nitriles is 1. The van der Waals surface area contributed by atoms with E-state index in [1.807, 2.05) is 42.5 Å². The number of carbonyl (C=O) groups is 1. The van der Waals surface area contributed by atoms with Crippen LogP contribution in [0.15, 0.2) is 42.5 Å². The maximum absolute atomic E-state index is 11.4. The normalized spacial score (nSPS) is 20.4. The standard InChI is InChI=1S/C26H31N3O5/c1-32-24-12-11-22(14-25(24)33-2)34-23(19-7-5-18(15-27)6-8-19)4-3-13-29-20-9-10-21(29)17-28(16-20)26(30)31/h5-8,11-12,14,20-21,23H,3-4,9-10,13,16-17H2,1-2H3,(H,30,31). The van der Waals surface area contributed by atoms with Gasteiger partial charge in [0.2, 0.25) is 0 Å². The Morgan fingerprint density at radius 2 is 1.76 bits per heavy atom. The van der Waals surface area contributed by atoms with Gasteiger partial charge in [-0.2, -0.15) is 5.26 Å². The molecule has 34 heavy (non-hydrogen) atoms.